The lowest BCUT2D eigenvalue weighted by Gasteiger charge is -2.14. The second-order valence-corrected chi connectivity index (χ2v) is 7.02. The standard InChI is InChI=1S/C20H18N4O2S/c1-13-22-23-20(27-13)14-6-4-7-15(12-14)24-11-10-21-19(24)16-8-5-9-17(25-2)18(16)26-3/h4-12H,1-3H3. The minimum Gasteiger partial charge on any atom is -0.493 e. The Morgan fingerprint density at radius 2 is 1.85 bits per heavy atom. The SMILES string of the molecule is COc1cccc(-c2nccn2-c2cccc(-c3nnc(C)s3)c2)c1OC. The summed E-state index contributed by atoms with van der Waals surface area (Å²) in [6.45, 7) is 1.95. The maximum absolute atomic E-state index is 5.58. The Morgan fingerprint density at radius 1 is 1.00 bits per heavy atom. The topological polar surface area (TPSA) is 62.1 Å². The molecule has 0 saturated heterocycles. The average molecular weight is 378 g/mol. The Hall–Kier alpha value is -3.19. The highest BCUT2D eigenvalue weighted by atomic mass is 32.1. The summed E-state index contributed by atoms with van der Waals surface area (Å²) in [6, 6.07) is 13.9. The number of ether oxygens (including phenoxy) is 2. The van der Waals surface area contributed by atoms with Crippen molar-refractivity contribution in [3.05, 3.63) is 59.9 Å². The zero-order valence-corrected chi connectivity index (χ0v) is 16.0. The molecule has 0 aliphatic rings. The number of hydrogen-bond acceptors (Lipinski definition) is 6. The molecule has 27 heavy (non-hydrogen) atoms. The van der Waals surface area contributed by atoms with Crippen molar-refractivity contribution in [1.29, 1.82) is 0 Å². The lowest BCUT2D eigenvalue weighted by atomic mass is 10.1. The molecule has 0 atom stereocenters. The van der Waals surface area contributed by atoms with Gasteiger partial charge in [-0.3, -0.25) is 4.57 Å². The minimum absolute atomic E-state index is 0.656. The van der Waals surface area contributed by atoms with E-state index in [-0.39, 0.29) is 0 Å². The molecule has 0 aliphatic heterocycles. The molecular weight excluding hydrogens is 360 g/mol. The Morgan fingerprint density at radius 3 is 2.59 bits per heavy atom. The van der Waals surface area contributed by atoms with E-state index in [0.29, 0.717) is 11.5 Å². The van der Waals surface area contributed by atoms with Crippen LogP contribution in [0.2, 0.25) is 0 Å². The maximum Gasteiger partial charge on any atom is 0.171 e. The van der Waals surface area contributed by atoms with E-state index in [0.717, 1.165) is 32.7 Å². The zero-order chi connectivity index (χ0) is 18.8. The van der Waals surface area contributed by atoms with Crippen molar-refractivity contribution in [2.75, 3.05) is 14.2 Å². The quantitative estimate of drug-likeness (QED) is 0.516. The summed E-state index contributed by atoms with van der Waals surface area (Å²) in [6.07, 6.45) is 3.70. The van der Waals surface area contributed by atoms with Crippen LogP contribution in [-0.4, -0.2) is 34.0 Å². The van der Waals surface area contributed by atoms with E-state index in [4.69, 9.17) is 9.47 Å². The van der Waals surface area contributed by atoms with Gasteiger partial charge in [0, 0.05) is 23.6 Å². The molecule has 0 unspecified atom stereocenters. The third-order valence-corrected chi connectivity index (χ3v) is 5.07. The molecule has 2 heterocycles. The molecule has 7 heteroatoms. The molecule has 0 N–H and O–H groups in total. The van der Waals surface area contributed by atoms with Crippen LogP contribution in [0.4, 0.5) is 0 Å². The largest absolute Gasteiger partial charge is 0.493 e. The van der Waals surface area contributed by atoms with Crippen LogP contribution in [-0.2, 0) is 0 Å². The van der Waals surface area contributed by atoms with Crippen LogP contribution in [0.5, 0.6) is 11.5 Å². The highest BCUT2D eigenvalue weighted by molar-refractivity contribution is 7.14. The first-order valence-electron chi connectivity index (χ1n) is 8.37. The van der Waals surface area contributed by atoms with Crippen LogP contribution < -0.4 is 9.47 Å². The van der Waals surface area contributed by atoms with Crippen molar-refractivity contribution < 1.29 is 9.47 Å². The second-order valence-electron chi connectivity index (χ2n) is 5.84. The van der Waals surface area contributed by atoms with Gasteiger partial charge in [-0.2, -0.15) is 0 Å². The average Bonchev–Trinajstić information content (AvgIpc) is 3.36. The predicted molar refractivity (Wildman–Crippen MR) is 106 cm³/mol. The van der Waals surface area contributed by atoms with E-state index in [1.54, 1.807) is 31.8 Å². The summed E-state index contributed by atoms with van der Waals surface area (Å²) in [5, 5.41) is 10.2. The molecule has 2 aromatic heterocycles. The fourth-order valence-corrected chi connectivity index (χ4v) is 3.66. The summed E-state index contributed by atoms with van der Waals surface area (Å²) in [7, 11) is 3.26. The van der Waals surface area contributed by atoms with Gasteiger partial charge in [-0.05, 0) is 31.2 Å². The number of para-hydroxylation sites is 1. The molecule has 136 valence electrons. The van der Waals surface area contributed by atoms with Gasteiger partial charge in [0.05, 0.1) is 19.8 Å². The number of nitrogens with zero attached hydrogens (tertiary/aromatic N) is 4. The lowest BCUT2D eigenvalue weighted by Crippen LogP contribution is -2.00. The van der Waals surface area contributed by atoms with Crippen LogP contribution in [0.25, 0.3) is 27.6 Å². The predicted octanol–water partition coefficient (Wildman–Crippen LogP) is 4.38. The van der Waals surface area contributed by atoms with Gasteiger partial charge in [0.1, 0.15) is 15.8 Å². The van der Waals surface area contributed by atoms with E-state index in [1.807, 2.05) is 54.1 Å². The van der Waals surface area contributed by atoms with Gasteiger partial charge in [-0.25, -0.2) is 4.98 Å². The molecule has 0 bridgehead atoms. The molecule has 0 amide bonds. The van der Waals surface area contributed by atoms with Gasteiger partial charge < -0.3 is 9.47 Å². The van der Waals surface area contributed by atoms with Crippen LogP contribution in [0.3, 0.4) is 0 Å². The van der Waals surface area contributed by atoms with Gasteiger partial charge >= 0.3 is 0 Å². The number of imidazole rings is 1. The van der Waals surface area contributed by atoms with Crippen molar-refractivity contribution in [3.8, 4) is 39.1 Å². The van der Waals surface area contributed by atoms with Gasteiger partial charge in [0.2, 0.25) is 0 Å². The number of aromatic nitrogens is 4. The summed E-state index contributed by atoms with van der Waals surface area (Å²) in [4.78, 5) is 4.56. The highest BCUT2D eigenvalue weighted by Gasteiger charge is 2.17. The van der Waals surface area contributed by atoms with E-state index in [1.165, 1.54) is 0 Å². The normalized spacial score (nSPS) is 10.8. The van der Waals surface area contributed by atoms with Crippen molar-refractivity contribution in [1.82, 2.24) is 19.7 Å². The zero-order valence-electron chi connectivity index (χ0n) is 15.2. The first-order chi connectivity index (χ1) is 13.2. The van der Waals surface area contributed by atoms with Crippen molar-refractivity contribution in [2.45, 2.75) is 6.92 Å². The monoisotopic (exact) mass is 378 g/mol. The molecule has 0 fully saturated rings. The molecule has 0 radical (unpaired) electrons. The summed E-state index contributed by atoms with van der Waals surface area (Å²) >= 11 is 1.57. The van der Waals surface area contributed by atoms with Crippen molar-refractivity contribution in [2.24, 2.45) is 0 Å². The van der Waals surface area contributed by atoms with Gasteiger partial charge in [0.25, 0.3) is 0 Å². The van der Waals surface area contributed by atoms with Crippen molar-refractivity contribution >= 4 is 11.3 Å². The van der Waals surface area contributed by atoms with Gasteiger partial charge in [-0.15, -0.1) is 10.2 Å². The second kappa shape index (κ2) is 7.20. The summed E-state index contributed by atoms with van der Waals surface area (Å²) in [5.74, 6) is 2.10. The van der Waals surface area contributed by atoms with Crippen molar-refractivity contribution in [3.63, 3.8) is 0 Å². The van der Waals surface area contributed by atoms with Crippen LogP contribution in [0.1, 0.15) is 5.01 Å². The van der Waals surface area contributed by atoms with Crippen LogP contribution in [0, 0.1) is 6.92 Å². The fraction of sp³-hybridized carbons (Fsp3) is 0.150. The molecule has 0 spiro atoms. The number of hydrogen-bond donors (Lipinski definition) is 0. The third-order valence-electron chi connectivity index (χ3n) is 4.18. The van der Waals surface area contributed by atoms with E-state index in [2.05, 4.69) is 21.2 Å². The van der Waals surface area contributed by atoms with Gasteiger partial charge in [0.15, 0.2) is 11.5 Å². The number of aryl methyl sites for hydroxylation is 1. The molecular formula is C20H18N4O2S. The van der Waals surface area contributed by atoms with Gasteiger partial charge in [-0.1, -0.05) is 29.5 Å². The van der Waals surface area contributed by atoms with E-state index in [9.17, 15) is 0 Å². The Bertz CT molecular complexity index is 1090. The molecule has 4 aromatic rings. The Labute approximate surface area is 161 Å². The third kappa shape index (κ3) is 3.17. The van der Waals surface area contributed by atoms with Crippen LogP contribution in [0.15, 0.2) is 54.9 Å². The molecule has 0 saturated carbocycles. The summed E-state index contributed by atoms with van der Waals surface area (Å²) in [5.41, 5.74) is 2.87. The highest BCUT2D eigenvalue weighted by Crippen LogP contribution is 2.38. The molecule has 4 rings (SSSR count). The molecule has 6 nitrogen and oxygen atoms in total. The first-order valence-corrected chi connectivity index (χ1v) is 9.18. The maximum atomic E-state index is 5.58. The van der Waals surface area contributed by atoms with E-state index < -0.39 is 0 Å². The smallest absolute Gasteiger partial charge is 0.171 e. The Balaban J connectivity index is 1.82. The number of methoxy groups -OCH3 is 2. The first kappa shape index (κ1) is 17.2. The summed E-state index contributed by atoms with van der Waals surface area (Å²) < 4.78 is 13.0. The molecule has 0 aliphatic carbocycles. The number of benzene rings is 2. The Kier molecular flexibility index (Phi) is 4.60. The van der Waals surface area contributed by atoms with E-state index >= 15 is 0 Å². The lowest BCUT2D eigenvalue weighted by molar-refractivity contribution is 0.356. The fourth-order valence-electron chi connectivity index (χ4n) is 2.98. The molecule has 2 aromatic carbocycles. The van der Waals surface area contributed by atoms with Crippen LogP contribution >= 0.6 is 11.3 Å². The minimum atomic E-state index is 0.656. The number of rotatable bonds is 5.